The van der Waals surface area contributed by atoms with Gasteiger partial charge >= 0.3 is 0 Å². The maximum absolute atomic E-state index is 9.00. The molecule has 0 atom stereocenters. The highest BCUT2D eigenvalue weighted by atomic mass is 35.5. The summed E-state index contributed by atoms with van der Waals surface area (Å²) in [5.74, 6) is -1.55. The first kappa shape index (κ1) is 43.8. The third-order valence-corrected chi connectivity index (χ3v) is 4.94. The molecule has 16 nitrogen and oxygen atoms in total. The van der Waals surface area contributed by atoms with Crippen molar-refractivity contribution in [3.63, 3.8) is 0 Å². The number of carboxylic acid groups (broad SMARTS) is 2. The minimum Gasteiger partial charge on any atom is -0.481 e. The first-order chi connectivity index (χ1) is 19.8. The van der Waals surface area contributed by atoms with Crippen molar-refractivity contribution in [2.75, 3.05) is 23.7 Å². The van der Waals surface area contributed by atoms with Crippen molar-refractivity contribution in [1.29, 1.82) is 21.6 Å². The molecule has 16 N–H and O–H groups in total. The number of guanidine groups is 4. The van der Waals surface area contributed by atoms with Gasteiger partial charge in [-0.05, 0) is 61.4 Å². The molecular formula is C26H42Cl2N10O6. The second kappa shape index (κ2) is 26.0. The zero-order valence-electron chi connectivity index (χ0n) is 24.3. The number of unbranched alkanes of at least 4 members (excludes halogenated alkanes) is 3. The van der Waals surface area contributed by atoms with E-state index in [1.54, 1.807) is 48.5 Å². The van der Waals surface area contributed by atoms with Gasteiger partial charge in [-0.2, -0.15) is 0 Å². The standard InChI is InChI=1S/C22H30Cl2N10.2C2H4O2.2H2O/c23-15-5-9-17(10-6-15)31-21(27)33-19(25)29-13-3-1-2-4-14-30-20(26)34-22(28)32-18-11-7-16(24)8-12-18;2*1-2(3)4;;/h5-12H,1-4,13-14H2,(H5,25,27,29,31,33)(H5,26,28,30,32,34);2*1H3,(H,3,4);2*1H2. The van der Waals surface area contributed by atoms with Crippen LogP contribution in [0.4, 0.5) is 11.4 Å². The second-order valence-electron chi connectivity index (χ2n) is 8.32. The van der Waals surface area contributed by atoms with Crippen LogP contribution in [0.2, 0.25) is 10.0 Å². The molecule has 0 bridgehead atoms. The number of hydrogen-bond acceptors (Lipinski definition) is 6. The molecule has 2 rings (SSSR count). The number of carbonyl (C=O) groups is 2. The lowest BCUT2D eigenvalue weighted by Gasteiger charge is -2.13. The van der Waals surface area contributed by atoms with Gasteiger partial charge in [0.1, 0.15) is 0 Å². The van der Waals surface area contributed by atoms with Crippen molar-refractivity contribution in [3.8, 4) is 0 Å². The van der Waals surface area contributed by atoms with Crippen LogP contribution >= 0.6 is 23.2 Å². The number of halogens is 2. The molecule has 0 aliphatic rings. The van der Waals surface area contributed by atoms with E-state index in [1.807, 2.05) is 0 Å². The predicted molar refractivity (Wildman–Crippen MR) is 176 cm³/mol. The average molecular weight is 662 g/mol. The third kappa shape index (κ3) is 27.5. The van der Waals surface area contributed by atoms with E-state index in [0.717, 1.165) is 39.5 Å². The first-order valence-electron chi connectivity index (χ1n) is 12.6. The molecule has 0 fully saturated rings. The maximum Gasteiger partial charge on any atom is 0.300 e. The molecule has 0 aliphatic heterocycles. The number of rotatable bonds is 9. The van der Waals surface area contributed by atoms with Gasteiger partial charge in [-0.1, -0.05) is 36.0 Å². The van der Waals surface area contributed by atoms with E-state index in [0.29, 0.717) is 34.5 Å². The topological polar surface area (TPSA) is 305 Å². The molecule has 2 aromatic carbocycles. The van der Waals surface area contributed by atoms with Crippen molar-refractivity contribution in [2.24, 2.45) is 0 Å². The minimum atomic E-state index is -0.833. The van der Waals surface area contributed by atoms with Crippen LogP contribution in [0.15, 0.2) is 48.5 Å². The van der Waals surface area contributed by atoms with Gasteiger partial charge in [-0.15, -0.1) is 0 Å². The molecule has 0 saturated carbocycles. The van der Waals surface area contributed by atoms with E-state index in [9.17, 15) is 0 Å². The Morgan fingerprint density at radius 3 is 1.14 bits per heavy atom. The molecule has 246 valence electrons. The fourth-order valence-electron chi connectivity index (χ4n) is 2.79. The monoisotopic (exact) mass is 660 g/mol. The van der Waals surface area contributed by atoms with Crippen molar-refractivity contribution in [2.45, 2.75) is 39.5 Å². The van der Waals surface area contributed by atoms with Crippen LogP contribution in [0.3, 0.4) is 0 Å². The number of anilines is 2. The van der Waals surface area contributed by atoms with E-state index < -0.39 is 11.9 Å². The molecular weight excluding hydrogens is 619 g/mol. The Hall–Kier alpha value is -4.64. The highest BCUT2D eigenvalue weighted by Crippen LogP contribution is 2.13. The van der Waals surface area contributed by atoms with Gasteiger partial charge in [-0.3, -0.25) is 41.9 Å². The molecule has 2 aromatic rings. The molecule has 18 heteroatoms. The summed E-state index contributed by atoms with van der Waals surface area (Å²) in [6.45, 7) is 3.41. The molecule has 0 saturated heterocycles. The summed E-state index contributed by atoms with van der Waals surface area (Å²) in [6.07, 6.45) is 3.70. The van der Waals surface area contributed by atoms with E-state index in [4.69, 9.17) is 64.6 Å². The van der Waals surface area contributed by atoms with Gasteiger partial charge in [0, 0.05) is 48.4 Å². The van der Waals surface area contributed by atoms with Crippen LogP contribution < -0.4 is 31.9 Å². The molecule has 0 heterocycles. The van der Waals surface area contributed by atoms with Crippen LogP contribution in [0, 0.1) is 21.6 Å². The predicted octanol–water partition coefficient (Wildman–Crippen LogP) is 2.71. The highest BCUT2D eigenvalue weighted by Gasteiger charge is 2.03. The number of benzene rings is 2. The van der Waals surface area contributed by atoms with Crippen molar-refractivity contribution >= 4 is 70.4 Å². The Kier molecular flexibility index (Phi) is 25.9. The number of hydrogen-bond donors (Lipinski definition) is 12. The van der Waals surface area contributed by atoms with Gasteiger partial charge in [0.25, 0.3) is 11.9 Å². The van der Waals surface area contributed by atoms with Gasteiger partial charge in [-0.25, -0.2) is 0 Å². The molecule has 0 aliphatic carbocycles. The SMILES string of the molecule is CC(=O)O.CC(=O)O.N=C(NCCCCCCNC(=N)NC(=N)Nc1ccc(Cl)cc1)NC(=N)Nc1ccc(Cl)cc1.O.O. The molecule has 0 radical (unpaired) electrons. The second-order valence-corrected chi connectivity index (χ2v) is 9.19. The lowest BCUT2D eigenvalue weighted by Crippen LogP contribution is -2.43. The Morgan fingerprint density at radius 2 is 0.864 bits per heavy atom. The zero-order valence-corrected chi connectivity index (χ0v) is 25.8. The summed E-state index contributed by atoms with van der Waals surface area (Å²) in [7, 11) is 0. The van der Waals surface area contributed by atoms with Gasteiger partial charge in [0.15, 0.2) is 23.8 Å². The molecule has 44 heavy (non-hydrogen) atoms. The Morgan fingerprint density at radius 1 is 0.591 bits per heavy atom. The summed E-state index contributed by atoms with van der Waals surface area (Å²) in [4.78, 5) is 18.0. The summed E-state index contributed by atoms with van der Waals surface area (Å²) in [5, 5.41) is 64.3. The van der Waals surface area contributed by atoms with Crippen molar-refractivity contribution < 1.29 is 30.8 Å². The minimum absolute atomic E-state index is 0. The zero-order chi connectivity index (χ0) is 31.9. The molecule has 0 spiro atoms. The third-order valence-electron chi connectivity index (χ3n) is 4.43. The Bertz CT molecular complexity index is 1070. The summed E-state index contributed by atoms with van der Waals surface area (Å²) in [5.41, 5.74) is 1.42. The van der Waals surface area contributed by atoms with Crippen LogP contribution in [0.25, 0.3) is 0 Å². The lowest BCUT2D eigenvalue weighted by atomic mass is 10.2. The van der Waals surface area contributed by atoms with Gasteiger partial charge < -0.3 is 42.4 Å². The fraction of sp³-hybridized carbons (Fsp3) is 0.308. The van der Waals surface area contributed by atoms with Gasteiger partial charge in [0.2, 0.25) is 0 Å². The van der Waals surface area contributed by atoms with Crippen molar-refractivity contribution in [1.82, 2.24) is 21.3 Å². The normalized spacial score (nSPS) is 8.91. The Balaban J connectivity index is -0.00000150. The number of carboxylic acids is 2. The van der Waals surface area contributed by atoms with E-state index in [1.165, 1.54) is 0 Å². The lowest BCUT2D eigenvalue weighted by molar-refractivity contribution is -0.135. The summed E-state index contributed by atoms with van der Waals surface area (Å²) < 4.78 is 0. The maximum atomic E-state index is 9.00. The van der Waals surface area contributed by atoms with E-state index in [2.05, 4.69) is 31.9 Å². The van der Waals surface area contributed by atoms with Gasteiger partial charge in [0.05, 0.1) is 0 Å². The van der Waals surface area contributed by atoms with E-state index >= 15 is 0 Å². The van der Waals surface area contributed by atoms with Crippen LogP contribution in [-0.4, -0.2) is 70.0 Å². The summed E-state index contributed by atoms with van der Waals surface area (Å²) >= 11 is 11.7. The highest BCUT2D eigenvalue weighted by molar-refractivity contribution is 6.31. The first-order valence-corrected chi connectivity index (χ1v) is 13.3. The molecule has 0 aromatic heterocycles. The number of nitrogens with one attached hydrogen (secondary N) is 10. The van der Waals surface area contributed by atoms with Crippen LogP contribution in [-0.2, 0) is 9.59 Å². The molecule has 0 unspecified atom stereocenters. The quantitative estimate of drug-likeness (QED) is 0.106. The largest absolute Gasteiger partial charge is 0.481 e. The van der Waals surface area contributed by atoms with Crippen LogP contribution in [0.5, 0.6) is 0 Å². The number of aliphatic carboxylic acids is 2. The van der Waals surface area contributed by atoms with E-state index in [-0.39, 0.29) is 34.8 Å². The van der Waals surface area contributed by atoms with Crippen LogP contribution in [0.1, 0.15) is 39.5 Å². The Labute approximate surface area is 265 Å². The smallest absolute Gasteiger partial charge is 0.300 e. The summed E-state index contributed by atoms with van der Waals surface area (Å²) in [6, 6.07) is 13.9. The average Bonchev–Trinajstić information content (AvgIpc) is 2.87. The van der Waals surface area contributed by atoms with Crippen molar-refractivity contribution in [3.05, 3.63) is 58.6 Å². The molecule has 0 amide bonds. The fourth-order valence-corrected chi connectivity index (χ4v) is 3.04.